The minimum Gasteiger partial charge on any atom is -0.290 e. The molecule has 0 amide bonds. The Bertz CT molecular complexity index is 333. The maximum atomic E-state index is 11.5. The molecule has 2 aliphatic carbocycles. The number of carbonyl (C=O) groups is 1. The van der Waals surface area contributed by atoms with E-state index >= 15 is 0 Å². The van der Waals surface area contributed by atoms with E-state index < -0.39 is 0 Å². The molecule has 74 valence electrons. The Labute approximate surface area is 85.2 Å². The van der Waals surface area contributed by atoms with E-state index in [2.05, 4.69) is 31.2 Å². The lowest BCUT2D eigenvalue weighted by Crippen LogP contribution is -2.22. The van der Waals surface area contributed by atoms with Crippen molar-refractivity contribution in [2.75, 3.05) is 0 Å². The average molecular weight is 188 g/mol. The van der Waals surface area contributed by atoms with Crippen LogP contribution in [-0.2, 0) is 4.79 Å². The van der Waals surface area contributed by atoms with Crippen LogP contribution < -0.4 is 0 Å². The lowest BCUT2D eigenvalue weighted by atomic mass is 9.72. The zero-order valence-corrected chi connectivity index (χ0v) is 8.62. The highest BCUT2D eigenvalue weighted by atomic mass is 16.1. The normalized spacial score (nSPS) is 30.9. The highest BCUT2D eigenvalue weighted by Crippen LogP contribution is 2.39. The Morgan fingerprint density at radius 3 is 2.93 bits per heavy atom. The fourth-order valence-corrected chi connectivity index (χ4v) is 2.25. The summed E-state index contributed by atoms with van der Waals surface area (Å²) in [5.41, 5.74) is 1.15. The highest BCUT2D eigenvalue weighted by molar-refractivity contribution is 6.05. The van der Waals surface area contributed by atoms with Gasteiger partial charge in [-0.25, -0.2) is 0 Å². The van der Waals surface area contributed by atoms with Crippen LogP contribution in [0.2, 0.25) is 0 Å². The number of carbonyl (C=O) groups excluding carboxylic acids is 1. The maximum absolute atomic E-state index is 11.5. The van der Waals surface area contributed by atoms with E-state index in [-0.39, 0.29) is 11.2 Å². The lowest BCUT2D eigenvalue weighted by Gasteiger charge is -2.31. The lowest BCUT2D eigenvalue weighted by molar-refractivity contribution is -0.111. The molecule has 14 heavy (non-hydrogen) atoms. The molecule has 2 aliphatic rings. The molecule has 0 aromatic heterocycles. The molecule has 1 atom stereocenters. The largest absolute Gasteiger partial charge is 0.290 e. The summed E-state index contributed by atoms with van der Waals surface area (Å²) in [7, 11) is 0. The van der Waals surface area contributed by atoms with E-state index in [4.69, 9.17) is 0 Å². The van der Waals surface area contributed by atoms with Gasteiger partial charge in [0.1, 0.15) is 0 Å². The highest BCUT2D eigenvalue weighted by Gasteiger charge is 2.29. The molecule has 1 heteroatoms. The van der Waals surface area contributed by atoms with Crippen LogP contribution in [0, 0.1) is 5.41 Å². The first-order valence-corrected chi connectivity index (χ1v) is 5.36. The Kier molecular flexibility index (Phi) is 2.40. The first kappa shape index (κ1) is 9.45. The standard InChI is InChI=1S/C13H16O/c1-2-11-10-13(9-6-12(11)14)7-4-3-5-8-13/h3-4,6,9-10H,2,5,7-8H2,1H3. The van der Waals surface area contributed by atoms with Gasteiger partial charge in [0.25, 0.3) is 0 Å². The molecule has 0 bridgehead atoms. The van der Waals surface area contributed by atoms with Crippen molar-refractivity contribution >= 4 is 5.78 Å². The van der Waals surface area contributed by atoms with E-state index in [1.165, 1.54) is 0 Å². The van der Waals surface area contributed by atoms with Crippen LogP contribution in [0.4, 0.5) is 0 Å². The first-order chi connectivity index (χ1) is 6.76. The van der Waals surface area contributed by atoms with Crippen molar-refractivity contribution in [3.8, 4) is 0 Å². The number of hydrogen-bond donors (Lipinski definition) is 0. The molecular formula is C13H16O. The molecule has 0 saturated carbocycles. The monoisotopic (exact) mass is 188 g/mol. The van der Waals surface area contributed by atoms with Crippen molar-refractivity contribution in [1.82, 2.24) is 0 Å². The Balaban J connectivity index is 2.29. The van der Waals surface area contributed by atoms with Crippen LogP contribution in [0.25, 0.3) is 0 Å². The van der Waals surface area contributed by atoms with Crippen LogP contribution in [0.15, 0.2) is 36.0 Å². The maximum Gasteiger partial charge on any atom is 0.181 e. The fraction of sp³-hybridized carbons (Fsp3) is 0.462. The van der Waals surface area contributed by atoms with Crippen LogP contribution in [0.3, 0.4) is 0 Å². The van der Waals surface area contributed by atoms with Crippen LogP contribution in [0.5, 0.6) is 0 Å². The Morgan fingerprint density at radius 1 is 1.43 bits per heavy atom. The van der Waals surface area contributed by atoms with E-state index in [9.17, 15) is 4.79 Å². The van der Waals surface area contributed by atoms with E-state index in [0.717, 1.165) is 31.3 Å². The van der Waals surface area contributed by atoms with Gasteiger partial charge in [0.2, 0.25) is 0 Å². The molecule has 0 N–H and O–H groups in total. The molecule has 0 saturated heterocycles. The Morgan fingerprint density at radius 2 is 2.29 bits per heavy atom. The molecule has 0 radical (unpaired) electrons. The Hall–Kier alpha value is -1.11. The van der Waals surface area contributed by atoms with Crippen LogP contribution in [-0.4, -0.2) is 5.78 Å². The van der Waals surface area contributed by atoms with Gasteiger partial charge in [0.05, 0.1) is 0 Å². The smallest absolute Gasteiger partial charge is 0.181 e. The van der Waals surface area contributed by atoms with E-state index in [1.54, 1.807) is 6.08 Å². The topological polar surface area (TPSA) is 17.1 Å². The second kappa shape index (κ2) is 3.56. The van der Waals surface area contributed by atoms with Gasteiger partial charge in [-0.05, 0) is 37.3 Å². The second-order valence-corrected chi connectivity index (χ2v) is 4.17. The molecule has 0 heterocycles. The molecule has 1 nitrogen and oxygen atoms in total. The number of ketones is 1. The molecule has 2 rings (SSSR count). The van der Waals surface area contributed by atoms with Crippen LogP contribution in [0.1, 0.15) is 32.6 Å². The number of allylic oxidation sites excluding steroid dienone is 6. The van der Waals surface area contributed by atoms with Gasteiger partial charge in [-0.2, -0.15) is 0 Å². The molecule has 1 spiro atoms. The average Bonchev–Trinajstić information content (AvgIpc) is 2.23. The van der Waals surface area contributed by atoms with Gasteiger partial charge >= 0.3 is 0 Å². The van der Waals surface area contributed by atoms with Crippen molar-refractivity contribution in [3.05, 3.63) is 36.0 Å². The summed E-state index contributed by atoms with van der Waals surface area (Å²) in [4.78, 5) is 11.5. The molecule has 0 aromatic rings. The third kappa shape index (κ3) is 1.59. The van der Waals surface area contributed by atoms with Crippen LogP contribution >= 0.6 is 0 Å². The summed E-state index contributed by atoms with van der Waals surface area (Å²) < 4.78 is 0. The fourth-order valence-electron chi connectivity index (χ4n) is 2.25. The van der Waals surface area contributed by atoms with Gasteiger partial charge in [0, 0.05) is 5.41 Å². The van der Waals surface area contributed by atoms with E-state index in [1.807, 2.05) is 0 Å². The minimum absolute atomic E-state index is 0.161. The van der Waals surface area contributed by atoms with Crippen molar-refractivity contribution in [2.45, 2.75) is 32.6 Å². The summed E-state index contributed by atoms with van der Waals surface area (Å²) >= 11 is 0. The predicted molar refractivity (Wildman–Crippen MR) is 57.9 cm³/mol. The van der Waals surface area contributed by atoms with Gasteiger partial charge in [0.15, 0.2) is 5.78 Å². The van der Waals surface area contributed by atoms with Crippen molar-refractivity contribution in [3.63, 3.8) is 0 Å². The quantitative estimate of drug-likeness (QED) is 0.577. The minimum atomic E-state index is 0.161. The molecule has 0 fully saturated rings. The third-order valence-electron chi connectivity index (χ3n) is 3.17. The molecular weight excluding hydrogens is 172 g/mol. The third-order valence-corrected chi connectivity index (χ3v) is 3.17. The number of hydrogen-bond acceptors (Lipinski definition) is 1. The van der Waals surface area contributed by atoms with Crippen molar-refractivity contribution in [1.29, 1.82) is 0 Å². The van der Waals surface area contributed by atoms with Gasteiger partial charge in [-0.15, -0.1) is 0 Å². The summed E-state index contributed by atoms with van der Waals surface area (Å²) in [6, 6.07) is 0. The summed E-state index contributed by atoms with van der Waals surface area (Å²) in [6.07, 6.45) is 14.7. The van der Waals surface area contributed by atoms with Crippen molar-refractivity contribution < 1.29 is 4.79 Å². The predicted octanol–water partition coefficient (Wildman–Crippen LogP) is 3.19. The summed E-state index contributed by atoms with van der Waals surface area (Å²) in [5.74, 6) is 0.202. The van der Waals surface area contributed by atoms with Crippen molar-refractivity contribution in [2.24, 2.45) is 5.41 Å². The number of rotatable bonds is 1. The molecule has 0 aliphatic heterocycles. The summed E-state index contributed by atoms with van der Waals surface area (Å²) in [6.45, 7) is 2.05. The SMILES string of the molecule is CCC1=CC2(C=CC1=O)CC=CCC2. The first-order valence-electron chi connectivity index (χ1n) is 5.36. The van der Waals surface area contributed by atoms with Gasteiger partial charge < -0.3 is 0 Å². The van der Waals surface area contributed by atoms with Gasteiger partial charge in [-0.1, -0.05) is 31.2 Å². The van der Waals surface area contributed by atoms with E-state index in [0.29, 0.717) is 0 Å². The second-order valence-electron chi connectivity index (χ2n) is 4.17. The molecule has 0 aromatic carbocycles. The zero-order chi connectivity index (χ0) is 10.0. The molecule has 1 unspecified atom stereocenters. The zero-order valence-electron chi connectivity index (χ0n) is 8.62. The van der Waals surface area contributed by atoms with Gasteiger partial charge in [-0.3, -0.25) is 4.79 Å². The summed E-state index contributed by atoms with van der Waals surface area (Å²) in [5, 5.41) is 0.